The SMILES string of the molecule is Cc1cnn(C[C@@H]2CCCN2c2ncnc3c2CCC3)c1. The largest absolute Gasteiger partial charge is 0.351 e. The van der Waals surface area contributed by atoms with Gasteiger partial charge in [0.15, 0.2) is 0 Å². The zero-order chi connectivity index (χ0) is 14.2. The van der Waals surface area contributed by atoms with Gasteiger partial charge >= 0.3 is 0 Å². The quantitative estimate of drug-likeness (QED) is 0.866. The normalized spacial score (nSPS) is 21.0. The minimum Gasteiger partial charge on any atom is -0.351 e. The molecule has 2 aromatic rings. The van der Waals surface area contributed by atoms with Gasteiger partial charge in [0.2, 0.25) is 0 Å². The monoisotopic (exact) mass is 283 g/mol. The van der Waals surface area contributed by atoms with Crippen molar-refractivity contribution in [1.82, 2.24) is 19.7 Å². The molecule has 1 aliphatic carbocycles. The molecule has 5 heteroatoms. The van der Waals surface area contributed by atoms with E-state index in [0.29, 0.717) is 6.04 Å². The van der Waals surface area contributed by atoms with E-state index in [9.17, 15) is 0 Å². The molecule has 21 heavy (non-hydrogen) atoms. The minimum absolute atomic E-state index is 0.504. The first-order chi connectivity index (χ1) is 10.3. The Morgan fingerprint density at radius 2 is 2.19 bits per heavy atom. The van der Waals surface area contributed by atoms with E-state index < -0.39 is 0 Å². The van der Waals surface area contributed by atoms with Gasteiger partial charge in [0.25, 0.3) is 0 Å². The van der Waals surface area contributed by atoms with Gasteiger partial charge in [-0.3, -0.25) is 4.68 Å². The van der Waals surface area contributed by atoms with Crippen molar-refractivity contribution in [3.05, 3.63) is 35.5 Å². The first kappa shape index (κ1) is 12.8. The number of hydrogen-bond acceptors (Lipinski definition) is 4. The molecule has 0 bridgehead atoms. The molecule has 0 saturated carbocycles. The lowest BCUT2D eigenvalue weighted by Gasteiger charge is -2.27. The van der Waals surface area contributed by atoms with E-state index in [1.165, 1.54) is 41.9 Å². The fourth-order valence-electron chi connectivity index (χ4n) is 3.68. The molecule has 0 spiro atoms. The van der Waals surface area contributed by atoms with Crippen molar-refractivity contribution >= 4 is 5.82 Å². The lowest BCUT2D eigenvalue weighted by Crippen LogP contribution is -2.34. The van der Waals surface area contributed by atoms with Crippen molar-refractivity contribution < 1.29 is 0 Å². The molecule has 0 unspecified atom stereocenters. The van der Waals surface area contributed by atoms with Gasteiger partial charge in [0.1, 0.15) is 12.1 Å². The maximum Gasteiger partial charge on any atom is 0.135 e. The average Bonchev–Trinajstić information content (AvgIpc) is 3.19. The van der Waals surface area contributed by atoms with E-state index in [1.807, 2.05) is 6.20 Å². The third kappa shape index (κ3) is 2.30. The Balaban J connectivity index is 1.60. The molecule has 0 N–H and O–H groups in total. The molecular formula is C16H21N5. The van der Waals surface area contributed by atoms with Gasteiger partial charge < -0.3 is 4.90 Å². The van der Waals surface area contributed by atoms with Crippen molar-refractivity contribution in [3.63, 3.8) is 0 Å². The van der Waals surface area contributed by atoms with Gasteiger partial charge in [-0.1, -0.05) is 0 Å². The first-order valence-electron chi connectivity index (χ1n) is 7.90. The molecule has 1 aliphatic heterocycles. The van der Waals surface area contributed by atoms with Crippen LogP contribution in [0.2, 0.25) is 0 Å². The van der Waals surface area contributed by atoms with Crippen LogP contribution in [0.3, 0.4) is 0 Å². The van der Waals surface area contributed by atoms with E-state index in [1.54, 1.807) is 6.33 Å². The Morgan fingerprint density at radius 1 is 1.24 bits per heavy atom. The van der Waals surface area contributed by atoms with Gasteiger partial charge in [-0.25, -0.2) is 9.97 Å². The summed E-state index contributed by atoms with van der Waals surface area (Å²) in [7, 11) is 0. The molecule has 0 amide bonds. The summed E-state index contributed by atoms with van der Waals surface area (Å²) in [6.45, 7) is 4.15. The zero-order valence-corrected chi connectivity index (χ0v) is 12.5. The van der Waals surface area contributed by atoms with Crippen molar-refractivity contribution in [1.29, 1.82) is 0 Å². The Morgan fingerprint density at radius 3 is 3.05 bits per heavy atom. The number of nitrogens with zero attached hydrogens (tertiary/aromatic N) is 5. The van der Waals surface area contributed by atoms with E-state index in [0.717, 1.165) is 25.9 Å². The lowest BCUT2D eigenvalue weighted by molar-refractivity contribution is 0.506. The summed E-state index contributed by atoms with van der Waals surface area (Å²) < 4.78 is 2.07. The maximum absolute atomic E-state index is 4.61. The van der Waals surface area contributed by atoms with Crippen LogP contribution >= 0.6 is 0 Å². The zero-order valence-electron chi connectivity index (χ0n) is 12.5. The molecule has 3 heterocycles. The number of rotatable bonds is 3. The van der Waals surface area contributed by atoms with Gasteiger partial charge in [-0.05, 0) is 44.6 Å². The summed E-state index contributed by atoms with van der Waals surface area (Å²) in [4.78, 5) is 11.6. The summed E-state index contributed by atoms with van der Waals surface area (Å²) in [6, 6.07) is 0.504. The van der Waals surface area contributed by atoms with Crippen LogP contribution in [0.5, 0.6) is 0 Å². The fraction of sp³-hybridized carbons (Fsp3) is 0.562. The Bertz CT molecular complexity index is 648. The molecule has 2 aromatic heterocycles. The standard InChI is InChI=1S/C16H21N5/c1-12-8-19-20(9-12)10-13-4-3-7-21(13)16-14-5-2-6-15(14)17-11-18-16/h8-9,11,13H,2-7,10H2,1H3/t13-/m0/s1. The highest BCUT2D eigenvalue weighted by atomic mass is 15.3. The predicted molar refractivity (Wildman–Crippen MR) is 81.4 cm³/mol. The van der Waals surface area contributed by atoms with Crippen LogP contribution in [0.25, 0.3) is 0 Å². The molecule has 1 fully saturated rings. The summed E-state index contributed by atoms with van der Waals surface area (Å²) in [5.74, 6) is 1.18. The summed E-state index contributed by atoms with van der Waals surface area (Å²) in [6.07, 6.45) is 11.7. The number of aromatic nitrogens is 4. The molecule has 110 valence electrons. The highest BCUT2D eigenvalue weighted by Crippen LogP contribution is 2.32. The summed E-state index contributed by atoms with van der Waals surface area (Å²) in [5, 5.41) is 4.44. The van der Waals surface area contributed by atoms with Crippen LogP contribution in [-0.2, 0) is 19.4 Å². The first-order valence-corrected chi connectivity index (χ1v) is 7.90. The average molecular weight is 283 g/mol. The number of anilines is 1. The topological polar surface area (TPSA) is 46.8 Å². The predicted octanol–water partition coefficient (Wildman–Crippen LogP) is 2.14. The number of hydrogen-bond donors (Lipinski definition) is 0. The second kappa shape index (κ2) is 5.13. The van der Waals surface area contributed by atoms with Crippen LogP contribution in [0.15, 0.2) is 18.7 Å². The van der Waals surface area contributed by atoms with E-state index in [4.69, 9.17) is 0 Å². The smallest absolute Gasteiger partial charge is 0.135 e. The van der Waals surface area contributed by atoms with Gasteiger partial charge in [0, 0.05) is 24.0 Å². The Hall–Kier alpha value is -1.91. The van der Waals surface area contributed by atoms with Crippen molar-refractivity contribution in [2.24, 2.45) is 0 Å². The molecule has 4 rings (SSSR count). The molecule has 1 saturated heterocycles. The highest BCUT2D eigenvalue weighted by molar-refractivity contribution is 5.52. The molecule has 0 radical (unpaired) electrons. The van der Waals surface area contributed by atoms with Crippen LogP contribution < -0.4 is 4.90 Å². The molecule has 2 aliphatic rings. The molecule has 0 aromatic carbocycles. The van der Waals surface area contributed by atoms with Crippen molar-refractivity contribution in [2.75, 3.05) is 11.4 Å². The van der Waals surface area contributed by atoms with Crippen LogP contribution in [0, 0.1) is 6.92 Å². The highest BCUT2D eigenvalue weighted by Gasteiger charge is 2.30. The molecular weight excluding hydrogens is 262 g/mol. The third-order valence-electron chi connectivity index (χ3n) is 4.66. The maximum atomic E-state index is 4.61. The second-order valence-electron chi connectivity index (χ2n) is 6.21. The van der Waals surface area contributed by atoms with Crippen LogP contribution in [-0.4, -0.2) is 32.3 Å². The van der Waals surface area contributed by atoms with Gasteiger partial charge in [-0.2, -0.15) is 5.10 Å². The number of fused-ring (bicyclic) bond motifs is 1. The minimum atomic E-state index is 0.504. The van der Waals surface area contributed by atoms with Crippen molar-refractivity contribution in [2.45, 2.75) is 51.6 Å². The van der Waals surface area contributed by atoms with Crippen molar-refractivity contribution in [3.8, 4) is 0 Å². The van der Waals surface area contributed by atoms with Crippen LogP contribution in [0.1, 0.15) is 36.1 Å². The third-order valence-corrected chi connectivity index (χ3v) is 4.66. The summed E-state index contributed by atoms with van der Waals surface area (Å²) in [5.41, 5.74) is 3.88. The number of aryl methyl sites for hydroxylation is 2. The Labute approximate surface area is 125 Å². The van der Waals surface area contributed by atoms with Gasteiger partial charge in [-0.15, -0.1) is 0 Å². The second-order valence-corrected chi connectivity index (χ2v) is 6.21. The summed E-state index contributed by atoms with van der Waals surface area (Å²) >= 11 is 0. The molecule has 5 nitrogen and oxygen atoms in total. The van der Waals surface area contributed by atoms with E-state index in [2.05, 4.69) is 37.8 Å². The Kier molecular flexibility index (Phi) is 3.13. The van der Waals surface area contributed by atoms with E-state index in [-0.39, 0.29) is 0 Å². The fourth-order valence-corrected chi connectivity index (χ4v) is 3.68. The lowest BCUT2D eigenvalue weighted by atomic mass is 10.2. The molecule has 1 atom stereocenters. The van der Waals surface area contributed by atoms with E-state index >= 15 is 0 Å². The van der Waals surface area contributed by atoms with Gasteiger partial charge in [0.05, 0.1) is 18.8 Å². The van der Waals surface area contributed by atoms with Crippen LogP contribution in [0.4, 0.5) is 5.82 Å².